The van der Waals surface area contributed by atoms with Gasteiger partial charge < -0.3 is 24.8 Å². The van der Waals surface area contributed by atoms with Crippen LogP contribution in [0, 0.1) is 0 Å². The molecular formula is C18H32O6. The smallest absolute Gasteiger partial charge is 0.305 e. The summed E-state index contributed by atoms with van der Waals surface area (Å²) in [5.41, 5.74) is 0. The van der Waals surface area contributed by atoms with Crippen molar-refractivity contribution in [1.82, 2.24) is 0 Å². The number of rotatable bonds is 12. The number of aliphatic hydroxyl groups is 3. The van der Waals surface area contributed by atoms with Crippen molar-refractivity contribution in [2.75, 3.05) is 13.2 Å². The highest BCUT2D eigenvalue weighted by Gasteiger charge is 2.39. The summed E-state index contributed by atoms with van der Waals surface area (Å²) in [7, 11) is 0. The summed E-state index contributed by atoms with van der Waals surface area (Å²) in [6.45, 7) is 1.88. The second-order valence-corrected chi connectivity index (χ2v) is 6.29. The summed E-state index contributed by atoms with van der Waals surface area (Å²) < 4.78 is 10.1. The fraction of sp³-hybridized carbons (Fsp3) is 0.833. The Kier molecular flexibility index (Phi) is 10.9. The van der Waals surface area contributed by atoms with Gasteiger partial charge in [0.15, 0.2) is 0 Å². The number of esters is 1. The van der Waals surface area contributed by atoms with Crippen LogP contribution in [0.25, 0.3) is 0 Å². The zero-order valence-electron chi connectivity index (χ0n) is 14.6. The Bertz CT molecular complexity index is 371. The monoisotopic (exact) mass is 344 g/mol. The SMILES string of the molecule is CCC=CCCCCCCCC(=O)OCC(O)C1OCC(O)C1O. The molecule has 6 nitrogen and oxygen atoms in total. The van der Waals surface area contributed by atoms with Gasteiger partial charge in [0.25, 0.3) is 0 Å². The third kappa shape index (κ3) is 8.24. The summed E-state index contributed by atoms with van der Waals surface area (Å²) in [5.74, 6) is -0.354. The van der Waals surface area contributed by atoms with Gasteiger partial charge in [0.1, 0.15) is 31.0 Å². The molecule has 4 atom stereocenters. The van der Waals surface area contributed by atoms with Crippen molar-refractivity contribution in [3.05, 3.63) is 12.2 Å². The molecule has 1 fully saturated rings. The first-order valence-electron chi connectivity index (χ1n) is 9.02. The number of aliphatic hydroxyl groups excluding tert-OH is 3. The molecule has 3 N–H and O–H groups in total. The standard InChI is InChI=1S/C18H32O6/c1-2-3-4-5-6-7-8-9-10-11-16(21)23-13-15(20)18-17(22)14(19)12-24-18/h3-4,14-15,17-20,22H,2,5-13H2,1H3. The van der Waals surface area contributed by atoms with E-state index >= 15 is 0 Å². The van der Waals surface area contributed by atoms with Crippen molar-refractivity contribution in [2.45, 2.75) is 82.7 Å². The third-order valence-corrected chi connectivity index (χ3v) is 4.14. The van der Waals surface area contributed by atoms with Crippen LogP contribution in [0.3, 0.4) is 0 Å². The van der Waals surface area contributed by atoms with Gasteiger partial charge in [-0.25, -0.2) is 0 Å². The zero-order valence-corrected chi connectivity index (χ0v) is 14.6. The molecule has 1 saturated heterocycles. The van der Waals surface area contributed by atoms with Crippen LogP contribution in [0.15, 0.2) is 12.2 Å². The molecule has 0 saturated carbocycles. The average Bonchev–Trinajstić information content (AvgIpc) is 2.90. The van der Waals surface area contributed by atoms with Crippen molar-refractivity contribution < 1.29 is 29.6 Å². The fourth-order valence-electron chi connectivity index (χ4n) is 2.66. The third-order valence-electron chi connectivity index (χ3n) is 4.14. The molecule has 140 valence electrons. The summed E-state index contributed by atoms with van der Waals surface area (Å²) in [6, 6.07) is 0. The zero-order chi connectivity index (χ0) is 17.8. The second kappa shape index (κ2) is 12.4. The summed E-state index contributed by atoms with van der Waals surface area (Å²) in [4.78, 5) is 11.6. The molecule has 1 heterocycles. The van der Waals surface area contributed by atoms with Crippen LogP contribution in [-0.2, 0) is 14.3 Å². The first kappa shape index (κ1) is 21.1. The van der Waals surface area contributed by atoms with Crippen molar-refractivity contribution in [3.63, 3.8) is 0 Å². The number of carbonyl (C=O) groups excluding carboxylic acids is 1. The van der Waals surface area contributed by atoms with E-state index in [9.17, 15) is 20.1 Å². The van der Waals surface area contributed by atoms with Gasteiger partial charge in [0.05, 0.1) is 6.61 Å². The molecule has 0 radical (unpaired) electrons. The van der Waals surface area contributed by atoms with E-state index in [1.807, 2.05) is 0 Å². The number of unbranched alkanes of at least 4 members (excludes halogenated alkanes) is 5. The van der Waals surface area contributed by atoms with Gasteiger partial charge in [-0.3, -0.25) is 4.79 Å². The maximum Gasteiger partial charge on any atom is 0.305 e. The molecule has 24 heavy (non-hydrogen) atoms. The Morgan fingerprint density at radius 3 is 2.58 bits per heavy atom. The van der Waals surface area contributed by atoms with E-state index in [0.29, 0.717) is 6.42 Å². The van der Waals surface area contributed by atoms with Gasteiger partial charge in [0, 0.05) is 6.42 Å². The molecule has 4 unspecified atom stereocenters. The van der Waals surface area contributed by atoms with Crippen LogP contribution in [0.5, 0.6) is 0 Å². The molecule has 0 spiro atoms. The number of carbonyl (C=O) groups is 1. The van der Waals surface area contributed by atoms with Crippen LogP contribution in [0.4, 0.5) is 0 Å². The first-order chi connectivity index (χ1) is 11.6. The minimum absolute atomic E-state index is 0.0227. The van der Waals surface area contributed by atoms with Crippen LogP contribution < -0.4 is 0 Å². The van der Waals surface area contributed by atoms with Crippen LogP contribution in [0.1, 0.15) is 58.3 Å². The van der Waals surface area contributed by atoms with E-state index in [1.54, 1.807) is 0 Å². The molecule has 0 aromatic carbocycles. The van der Waals surface area contributed by atoms with Gasteiger partial charge >= 0.3 is 5.97 Å². The molecule has 0 aromatic rings. The molecule has 6 heteroatoms. The van der Waals surface area contributed by atoms with E-state index < -0.39 is 24.4 Å². The van der Waals surface area contributed by atoms with Crippen LogP contribution in [-0.4, -0.2) is 58.9 Å². The van der Waals surface area contributed by atoms with Gasteiger partial charge in [-0.05, 0) is 25.7 Å². The molecule has 1 rings (SSSR count). The lowest BCUT2D eigenvalue weighted by Gasteiger charge is -2.20. The Morgan fingerprint density at radius 2 is 1.92 bits per heavy atom. The maximum atomic E-state index is 11.6. The van der Waals surface area contributed by atoms with Crippen LogP contribution in [0.2, 0.25) is 0 Å². The Morgan fingerprint density at radius 1 is 1.21 bits per heavy atom. The lowest BCUT2D eigenvalue weighted by molar-refractivity contribution is -0.151. The molecule has 1 aliphatic heterocycles. The van der Waals surface area contributed by atoms with Gasteiger partial charge in [-0.15, -0.1) is 0 Å². The number of allylic oxidation sites excluding steroid dienone is 2. The minimum atomic E-state index is -1.15. The predicted octanol–water partition coefficient (Wildman–Crippen LogP) is 1.71. The van der Waals surface area contributed by atoms with Crippen molar-refractivity contribution in [1.29, 1.82) is 0 Å². The highest BCUT2D eigenvalue weighted by atomic mass is 16.6. The van der Waals surface area contributed by atoms with Crippen LogP contribution >= 0.6 is 0 Å². The number of hydrogen-bond donors (Lipinski definition) is 3. The fourth-order valence-corrected chi connectivity index (χ4v) is 2.66. The lowest BCUT2D eigenvalue weighted by atomic mass is 10.1. The van der Waals surface area contributed by atoms with Crippen molar-refractivity contribution in [2.24, 2.45) is 0 Å². The molecule has 1 aliphatic rings. The number of hydrogen-bond acceptors (Lipinski definition) is 6. The van der Waals surface area contributed by atoms with E-state index in [1.165, 1.54) is 12.8 Å². The quantitative estimate of drug-likeness (QED) is 0.283. The lowest BCUT2D eigenvalue weighted by Crippen LogP contribution is -2.41. The topological polar surface area (TPSA) is 96.2 Å². The predicted molar refractivity (Wildman–Crippen MR) is 90.5 cm³/mol. The first-order valence-corrected chi connectivity index (χ1v) is 9.02. The Hall–Kier alpha value is -0.950. The average molecular weight is 344 g/mol. The summed E-state index contributed by atoms with van der Waals surface area (Å²) in [5, 5.41) is 28.8. The normalized spacial score (nSPS) is 25.2. The van der Waals surface area contributed by atoms with Crippen molar-refractivity contribution >= 4 is 5.97 Å². The number of ether oxygens (including phenoxy) is 2. The van der Waals surface area contributed by atoms with Gasteiger partial charge in [-0.2, -0.15) is 0 Å². The Labute approximate surface area is 144 Å². The minimum Gasteiger partial charge on any atom is -0.463 e. The molecule has 0 amide bonds. The van der Waals surface area contributed by atoms with Gasteiger partial charge in [0.2, 0.25) is 0 Å². The summed E-state index contributed by atoms with van der Waals surface area (Å²) in [6.07, 6.45) is 7.98. The molecular weight excluding hydrogens is 312 g/mol. The molecule has 0 aliphatic carbocycles. The maximum absolute atomic E-state index is 11.6. The molecule has 0 bridgehead atoms. The largest absolute Gasteiger partial charge is 0.463 e. The Balaban J connectivity index is 1.99. The highest BCUT2D eigenvalue weighted by Crippen LogP contribution is 2.18. The van der Waals surface area contributed by atoms with E-state index in [-0.39, 0.29) is 19.2 Å². The highest BCUT2D eigenvalue weighted by molar-refractivity contribution is 5.69. The second-order valence-electron chi connectivity index (χ2n) is 6.29. The van der Waals surface area contributed by atoms with E-state index in [2.05, 4.69) is 19.1 Å². The van der Waals surface area contributed by atoms with E-state index in [0.717, 1.165) is 32.1 Å². The van der Waals surface area contributed by atoms with Gasteiger partial charge in [-0.1, -0.05) is 38.3 Å². The summed E-state index contributed by atoms with van der Waals surface area (Å²) >= 11 is 0. The molecule has 0 aromatic heterocycles. The van der Waals surface area contributed by atoms with E-state index in [4.69, 9.17) is 9.47 Å². The van der Waals surface area contributed by atoms with Crippen molar-refractivity contribution in [3.8, 4) is 0 Å².